The molecule has 3 amide bonds. The molecule has 7 nitrogen and oxygen atoms in total. The number of rotatable bonds is 6. The highest BCUT2D eigenvalue weighted by Crippen LogP contribution is 2.30. The summed E-state index contributed by atoms with van der Waals surface area (Å²) in [5.74, 6) is -0.373. The smallest absolute Gasteiger partial charge is 0.255 e. The molecule has 2 unspecified atom stereocenters. The minimum atomic E-state index is -0.622. The number of hydrogen-bond donors (Lipinski definition) is 1. The van der Waals surface area contributed by atoms with Gasteiger partial charge in [0.1, 0.15) is 24.2 Å². The van der Waals surface area contributed by atoms with Gasteiger partial charge in [0.25, 0.3) is 5.91 Å². The maximum atomic E-state index is 13.7. The summed E-state index contributed by atoms with van der Waals surface area (Å²) in [4.78, 5) is 40.6. The fourth-order valence-corrected chi connectivity index (χ4v) is 5.33. The van der Waals surface area contributed by atoms with Crippen molar-refractivity contribution in [2.45, 2.75) is 64.2 Å². The zero-order valence-corrected chi connectivity index (χ0v) is 19.9. The molecule has 184 valence electrons. The first-order chi connectivity index (χ1) is 16.9. The lowest BCUT2D eigenvalue weighted by Gasteiger charge is -2.35. The third-order valence-electron chi connectivity index (χ3n) is 7.29. The summed E-state index contributed by atoms with van der Waals surface area (Å²) in [5, 5.41) is 2.33. The monoisotopic (exact) mass is 479 g/mol. The van der Waals surface area contributed by atoms with E-state index in [9.17, 15) is 18.8 Å². The van der Waals surface area contributed by atoms with E-state index >= 15 is 0 Å². The first-order valence-electron chi connectivity index (χ1n) is 12.3. The number of aryl methyl sites for hydroxylation is 1. The SMILES string of the molecule is Cc1cc(CN2CCCCC2COc2ccc3c(c2)CN(C2CCC(=O)NC2=O)C3=O)ccc1F. The molecule has 2 saturated heterocycles. The molecule has 3 heterocycles. The van der Waals surface area contributed by atoms with Crippen molar-refractivity contribution < 1.29 is 23.5 Å². The number of piperidine rings is 2. The molecular formula is C27H30FN3O4. The highest BCUT2D eigenvalue weighted by Gasteiger charge is 2.39. The Morgan fingerprint density at radius 1 is 1.09 bits per heavy atom. The zero-order valence-electron chi connectivity index (χ0n) is 19.9. The van der Waals surface area contributed by atoms with E-state index in [-0.39, 0.29) is 30.1 Å². The average molecular weight is 480 g/mol. The molecule has 2 aromatic carbocycles. The van der Waals surface area contributed by atoms with Crippen LogP contribution in [0, 0.1) is 12.7 Å². The van der Waals surface area contributed by atoms with Gasteiger partial charge in [-0.25, -0.2) is 4.39 Å². The molecule has 0 aliphatic carbocycles. The van der Waals surface area contributed by atoms with Crippen molar-refractivity contribution in [3.63, 3.8) is 0 Å². The van der Waals surface area contributed by atoms with E-state index in [1.807, 2.05) is 18.2 Å². The Balaban J connectivity index is 1.23. The van der Waals surface area contributed by atoms with Gasteiger partial charge >= 0.3 is 0 Å². The van der Waals surface area contributed by atoms with Crippen LogP contribution < -0.4 is 10.1 Å². The lowest BCUT2D eigenvalue weighted by molar-refractivity contribution is -0.136. The second-order valence-electron chi connectivity index (χ2n) is 9.73. The number of carbonyl (C=O) groups excluding carboxylic acids is 3. The highest BCUT2D eigenvalue weighted by atomic mass is 19.1. The van der Waals surface area contributed by atoms with Gasteiger partial charge in [-0.15, -0.1) is 0 Å². The van der Waals surface area contributed by atoms with Crippen LogP contribution in [0.5, 0.6) is 5.75 Å². The summed E-state index contributed by atoms with van der Waals surface area (Å²) >= 11 is 0. The molecule has 0 saturated carbocycles. The van der Waals surface area contributed by atoms with E-state index in [0.717, 1.165) is 43.5 Å². The van der Waals surface area contributed by atoms with Gasteiger partial charge in [-0.2, -0.15) is 0 Å². The second-order valence-corrected chi connectivity index (χ2v) is 9.73. The first-order valence-corrected chi connectivity index (χ1v) is 12.3. The summed E-state index contributed by atoms with van der Waals surface area (Å²) < 4.78 is 19.8. The van der Waals surface area contributed by atoms with Gasteiger partial charge in [0, 0.05) is 31.1 Å². The lowest BCUT2D eigenvalue weighted by Crippen LogP contribution is -2.52. The van der Waals surface area contributed by atoms with Crippen LogP contribution in [0.15, 0.2) is 36.4 Å². The topological polar surface area (TPSA) is 79.0 Å². The Morgan fingerprint density at radius 3 is 2.74 bits per heavy atom. The number of likely N-dealkylation sites (tertiary alicyclic amines) is 1. The van der Waals surface area contributed by atoms with Crippen molar-refractivity contribution in [3.05, 3.63) is 64.5 Å². The number of nitrogens with one attached hydrogen (secondary N) is 1. The maximum absolute atomic E-state index is 13.7. The van der Waals surface area contributed by atoms with Crippen molar-refractivity contribution in [2.75, 3.05) is 13.2 Å². The Kier molecular flexibility index (Phi) is 6.56. The van der Waals surface area contributed by atoms with Crippen LogP contribution in [0.2, 0.25) is 0 Å². The van der Waals surface area contributed by atoms with Crippen LogP contribution in [0.1, 0.15) is 59.2 Å². The van der Waals surface area contributed by atoms with Gasteiger partial charge < -0.3 is 9.64 Å². The van der Waals surface area contributed by atoms with Crippen LogP contribution in [-0.2, 0) is 22.7 Å². The van der Waals surface area contributed by atoms with Crippen molar-refractivity contribution in [2.24, 2.45) is 0 Å². The largest absolute Gasteiger partial charge is 0.492 e. The van der Waals surface area contributed by atoms with E-state index in [2.05, 4.69) is 10.2 Å². The quantitative estimate of drug-likeness (QED) is 0.643. The number of ether oxygens (including phenoxy) is 1. The third-order valence-corrected chi connectivity index (χ3v) is 7.29. The van der Waals surface area contributed by atoms with Gasteiger partial charge in [-0.1, -0.05) is 18.6 Å². The molecular weight excluding hydrogens is 449 g/mol. The van der Waals surface area contributed by atoms with E-state index in [1.54, 1.807) is 24.0 Å². The number of hydrogen-bond acceptors (Lipinski definition) is 5. The van der Waals surface area contributed by atoms with Gasteiger partial charge in [-0.05, 0) is 73.7 Å². The van der Waals surface area contributed by atoms with Crippen molar-refractivity contribution >= 4 is 17.7 Å². The number of benzene rings is 2. The molecule has 3 aliphatic heterocycles. The van der Waals surface area contributed by atoms with Gasteiger partial charge in [-0.3, -0.25) is 24.6 Å². The Bertz CT molecular complexity index is 1170. The van der Waals surface area contributed by atoms with Gasteiger partial charge in [0.2, 0.25) is 11.8 Å². The fourth-order valence-electron chi connectivity index (χ4n) is 5.33. The van der Waals surface area contributed by atoms with Crippen LogP contribution in [0.25, 0.3) is 0 Å². The Hall–Kier alpha value is -3.26. The number of fused-ring (bicyclic) bond motifs is 1. The minimum absolute atomic E-state index is 0.182. The summed E-state index contributed by atoms with van der Waals surface area (Å²) in [7, 11) is 0. The van der Waals surface area contributed by atoms with E-state index in [0.29, 0.717) is 36.4 Å². The van der Waals surface area contributed by atoms with E-state index in [1.165, 1.54) is 6.07 Å². The minimum Gasteiger partial charge on any atom is -0.492 e. The van der Waals surface area contributed by atoms with Crippen LogP contribution in [0.3, 0.4) is 0 Å². The van der Waals surface area contributed by atoms with Gasteiger partial charge in [0.05, 0.1) is 0 Å². The number of amides is 3. The van der Waals surface area contributed by atoms with Crippen molar-refractivity contribution in [1.29, 1.82) is 0 Å². The van der Waals surface area contributed by atoms with Crippen LogP contribution in [-0.4, -0.2) is 52.8 Å². The Labute approximate surface area is 204 Å². The predicted molar refractivity (Wildman–Crippen MR) is 127 cm³/mol. The van der Waals surface area contributed by atoms with E-state index < -0.39 is 11.9 Å². The standard InChI is InChI=1S/C27H30FN3O4/c1-17-12-18(5-8-23(17)28)14-30-11-3-2-4-20(30)16-35-21-6-7-22-19(13-21)15-31(27(22)34)24-9-10-25(32)29-26(24)33/h5-8,12-13,20,24H,2-4,9-11,14-16H2,1H3,(H,29,32,33). The summed E-state index contributed by atoms with van der Waals surface area (Å²) in [6.07, 6.45) is 3.90. The second kappa shape index (κ2) is 9.77. The van der Waals surface area contributed by atoms with E-state index in [4.69, 9.17) is 4.74 Å². The zero-order chi connectivity index (χ0) is 24.5. The molecule has 0 spiro atoms. The molecule has 0 bridgehead atoms. The summed E-state index contributed by atoms with van der Waals surface area (Å²) in [5.41, 5.74) is 3.17. The van der Waals surface area contributed by atoms with Gasteiger partial charge in [0.15, 0.2) is 0 Å². The average Bonchev–Trinajstić information content (AvgIpc) is 3.16. The molecule has 2 atom stereocenters. The third kappa shape index (κ3) is 4.93. The molecule has 0 aromatic heterocycles. The predicted octanol–water partition coefficient (Wildman–Crippen LogP) is 3.33. The molecule has 2 aromatic rings. The normalized spacial score (nSPS) is 22.8. The molecule has 0 radical (unpaired) electrons. The molecule has 1 N–H and O–H groups in total. The number of carbonyl (C=O) groups is 3. The summed E-state index contributed by atoms with van der Waals surface area (Å²) in [6, 6.07) is 10.4. The molecule has 3 aliphatic rings. The maximum Gasteiger partial charge on any atom is 0.255 e. The number of imide groups is 1. The summed E-state index contributed by atoms with van der Waals surface area (Å²) in [6.45, 7) is 4.38. The molecule has 35 heavy (non-hydrogen) atoms. The molecule has 5 rings (SSSR count). The molecule has 2 fully saturated rings. The first kappa shape index (κ1) is 23.5. The van der Waals surface area contributed by atoms with Crippen LogP contribution in [0.4, 0.5) is 4.39 Å². The molecule has 8 heteroatoms. The number of nitrogens with zero attached hydrogens (tertiary/aromatic N) is 2. The highest BCUT2D eigenvalue weighted by molar-refractivity contribution is 6.05. The van der Waals surface area contributed by atoms with Crippen LogP contribution >= 0.6 is 0 Å². The number of halogens is 1. The van der Waals surface area contributed by atoms with Crippen molar-refractivity contribution in [3.8, 4) is 5.75 Å². The lowest BCUT2D eigenvalue weighted by atomic mass is 10.0. The Morgan fingerprint density at radius 2 is 1.94 bits per heavy atom. The fraction of sp³-hybridized carbons (Fsp3) is 0.444. The van der Waals surface area contributed by atoms with Crippen molar-refractivity contribution in [1.82, 2.24) is 15.1 Å².